The van der Waals surface area contributed by atoms with Gasteiger partial charge in [-0.05, 0) is 92.3 Å². The van der Waals surface area contributed by atoms with Crippen molar-refractivity contribution < 1.29 is 34.8 Å². The van der Waals surface area contributed by atoms with Crippen molar-refractivity contribution in [1.29, 1.82) is 0 Å². The van der Waals surface area contributed by atoms with Gasteiger partial charge in [0.05, 0.1) is 29.0 Å². The fraction of sp³-hybridized carbons (Fsp3) is 0.833. The van der Waals surface area contributed by atoms with Crippen LogP contribution in [0.3, 0.4) is 0 Å². The summed E-state index contributed by atoms with van der Waals surface area (Å²) < 4.78 is 0. The topological polar surface area (TPSA) is 132 Å². The Bertz CT molecular complexity index is 1010. The number of carboxylic acids is 2. The number of aliphatic hydroxyl groups is 2. The zero-order valence-electron chi connectivity index (χ0n) is 23.3. The Balaban J connectivity index is 1.83. The summed E-state index contributed by atoms with van der Waals surface area (Å²) in [6.07, 6.45) is 5.95. The molecule has 3 saturated carbocycles. The highest BCUT2D eigenvalue weighted by molar-refractivity contribution is 5.77. The Morgan fingerprint density at radius 3 is 2.19 bits per heavy atom. The fourth-order valence-corrected chi connectivity index (χ4v) is 9.97. The van der Waals surface area contributed by atoms with E-state index in [1.165, 1.54) is 0 Å². The second-order valence-corrected chi connectivity index (χ2v) is 14.0. The molecule has 0 aromatic rings. The first kappa shape index (κ1) is 28.3. The highest BCUT2D eigenvalue weighted by Gasteiger charge is 2.67. The van der Waals surface area contributed by atoms with Crippen molar-refractivity contribution in [3.63, 3.8) is 0 Å². The first-order valence-electron chi connectivity index (χ1n) is 14.0. The van der Waals surface area contributed by atoms with Gasteiger partial charge < -0.3 is 25.2 Å². The van der Waals surface area contributed by atoms with E-state index in [-0.39, 0.29) is 35.5 Å². The SMILES string of the molecule is CC[C@]1(C)C([C@@H]2C[C@](C)(C(=O)O)C[C@H](O)[C@H]2C(=O)O)=CC[C@@H]2[C@@]3(C)CC[C@H](O)[C@@](C)(C=O)[C@@H]3CC[C@]21C. The Morgan fingerprint density at radius 2 is 1.65 bits per heavy atom. The van der Waals surface area contributed by atoms with Crippen LogP contribution >= 0.6 is 0 Å². The van der Waals surface area contributed by atoms with Gasteiger partial charge in [0.2, 0.25) is 0 Å². The van der Waals surface area contributed by atoms with Crippen LogP contribution in [0.25, 0.3) is 0 Å². The number of rotatable bonds is 5. The van der Waals surface area contributed by atoms with E-state index in [0.29, 0.717) is 6.42 Å². The van der Waals surface area contributed by atoms with Gasteiger partial charge in [0.1, 0.15) is 6.29 Å². The van der Waals surface area contributed by atoms with E-state index in [9.17, 15) is 34.8 Å². The molecule has 0 heterocycles. The van der Waals surface area contributed by atoms with Crippen molar-refractivity contribution >= 4 is 18.2 Å². The summed E-state index contributed by atoms with van der Waals surface area (Å²) >= 11 is 0. The van der Waals surface area contributed by atoms with E-state index in [2.05, 4.69) is 33.8 Å². The molecule has 0 radical (unpaired) electrons. The van der Waals surface area contributed by atoms with E-state index < -0.39 is 52.2 Å². The molecule has 4 N–H and O–H groups in total. The number of fused-ring (bicyclic) bond motifs is 3. The van der Waals surface area contributed by atoms with Crippen LogP contribution in [0, 0.1) is 50.7 Å². The molecule has 11 atom stereocenters. The molecule has 7 heteroatoms. The third kappa shape index (κ3) is 3.70. The zero-order valence-corrected chi connectivity index (χ0v) is 23.3. The van der Waals surface area contributed by atoms with Gasteiger partial charge in [-0.1, -0.05) is 46.3 Å². The number of aliphatic carboxylic acids is 2. The van der Waals surface area contributed by atoms with Crippen LogP contribution in [-0.4, -0.2) is 50.9 Å². The minimum Gasteiger partial charge on any atom is -0.481 e. The highest BCUT2D eigenvalue weighted by Crippen LogP contribution is 2.72. The maximum atomic E-state index is 12.4. The molecule has 0 aromatic heterocycles. The normalized spacial score (nSPS) is 51.8. The Morgan fingerprint density at radius 1 is 1.00 bits per heavy atom. The van der Waals surface area contributed by atoms with Gasteiger partial charge in [0, 0.05) is 0 Å². The molecule has 4 aliphatic carbocycles. The van der Waals surface area contributed by atoms with E-state index in [1.807, 2.05) is 6.92 Å². The van der Waals surface area contributed by atoms with Gasteiger partial charge in [-0.25, -0.2) is 0 Å². The van der Waals surface area contributed by atoms with E-state index in [1.54, 1.807) is 6.92 Å². The lowest BCUT2D eigenvalue weighted by Gasteiger charge is -2.69. The number of carboxylic acid groups (broad SMARTS) is 2. The molecule has 4 aliphatic rings. The van der Waals surface area contributed by atoms with Crippen LogP contribution in [0.5, 0.6) is 0 Å². The van der Waals surface area contributed by atoms with Crippen molar-refractivity contribution in [3.8, 4) is 0 Å². The van der Waals surface area contributed by atoms with E-state index >= 15 is 0 Å². The van der Waals surface area contributed by atoms with Crippen LogP contribution < -0.4 is 0 Å². The summed E-state index contributed by atoms with van der Waals surface area (Å²) in [5, 5.41) is 42.0. The molecule has 0 amide bonds. The summed E-state index contributed by atoms with van der Waals surface area (Å²) in [5.74, 6) is -3.38. The van der Waals surface area contributed by atoms with Crippen molar-refractivity contribution in [1.82, 2.24) is 0 Å². The number of allylic oxidation sites excluding steroid dienone is 2. The lowest BCUT2D eigenvalue weighted by molar-refractivity contribution is -0.197. The minimum absolute atomic E-state index is 0.0638. The van der Waals surface area contributed by atoms with Gasteiger partial charge in [-0.3, -0.25) is 9.59 Å². The largest absolute Gasteiger partial charge is 0.481 e. The van der Waals surface area contributed by atoms with Crippen LogP contribution in [0.2, 0.25) is 0 Å². The van der Waals surface area contributed by atoms with Gasteiger partial charge in [-0.15, -0.1) is 0 Å². The number of carbonyl (C=O) groups is 3. The zero-order chi connectivity index (χ0) is 27.8. The smallest absolute Gasteiger partial charge is 0.309 e. The third-order valence-electron chi connectivity index (χ3n) is 12.6. The molecule has 3 fully saturated rings. The summed E-state index contributed by atoms with van der Waals surface area (Å²) in [7, 11) is 0. The van der Waals surface area contributed by atoms with E-state index in [0.717, 1.165) is 44.0 Å². The number of carbonyl (C=O) groups excluding carboxylic acids is 1. The third-order valence-corrected chi connectivity index (χ3v) is 12.6. The first-order valence-corrected chi connectivity index (χ1v) is 14.0. The van der Waals surface area contributed by atoms with Crippen molar-refractivity contribution in [2.75, 3.05) is 0 Å². The number of aliphatic hydroxyl groups excluding tert-OH is 2. The molecule has 0 aromatic carbocycles. The van der Waals surface area contributed by atoms with Gasteiger partial charge in [0.15, 0.2) is 0 Å². The molecule has 0 bridgehead atoms. The summed E-state index contributed by atoms with van der Waals surface area (Å²) in [4.78, 5) is 37.0. The van der Waals surface area contributed by atoms with Crippen LogP contribution in [0.4, 0.5) is 0 Å². The van der Waals surface area contributed by atoms with Crippen LogP contribution in [0.15, 0.2) is 11.6 Å². The average molecular weight is 519 g/mol. The summed E-state index contributed by atoms with van der Waals surface area (Å²) in [6, 6.07) is 0. The molecule has 208 valence electrons. The molecular weight excluding hydrogens is 472 g/mol. The lowest BCUT2D eigenvalue weighted by atomic mass is 9.35. The molecule has 0 spiro atoms. The average Bonchev–Trinajstić information content (AvgIpc) is 2.81. The Labute approximate surface area is 220 Å². The quantitative estimate of drug-likeness (QED) is 0.306. The van der Waals surface area contributed by atoms with Crippen molar-refractivity contribution in [2.24, 2.45) is 50.7 Å². The number of aldehydes is 1. The fourth-order valence-electron chi connectivity index (χ4n) is 9.97. The molecule has 0 saturated heterocycles. The number of hydrogen-bond donors (Lipinski definition) is 4. The predicted octanol–water partition coefficient (Wildman–Crippen LogP) is 4.69. The second kappa shape index (κ2) is 8.90. The molecule has 0 unspecified atom stereocenters. The van der Waals surface area contributed by atoms with Crippen molar-refractivity contribution in [2.45, 2.75) is 105 Å². The minimum atomic E-state index is -1.23. The second-order valence-electron chi connectivity index (χ2n) is 14.0. The Kier molecular flexibility index (Phi) is 6.81. The maximum Gasteiger partial charge on any atom is 0.309 e. The van der Waals surface area contributed by atoms with Crippen LogP contribution in [0.1, 0.15) is 92.9 Å². The summed E-state index contributed by atoms with van der Waals surface area (Å²) in [5.41, 5.74) is -1.75. The van der Waals surface area contributed by atoms with Gasteiger partial charge in [0.25, 0.3) is 0 Å². The predicted molar refractivity (Wildman–Crippen MR) is 139 cm³/mol. The van der Waals surface area contributed by atoms with Gasteiger partial charge in [-0.2, -0.15) is 0 Å². The highest BCUT2D eigenvalue weighted by atomic mass is 16.4. The molecular formula is C30H46O7. The van der Waals surface area contributed by atoms with Gasteiger partial charge >= 0.3 is 11.9 Å². The Hall–Kier alpha value is -1.73. The standard InChI is InChI=1S/C30H46O7/c1-7-29(5)18(17-14-26(2,25(36)37)15-19(32)23(17)24(34)35)8-9-21-27(3)12-11-22(33)28(4,16-31)20(27)10-13-30(21,29)6/h8,16-17,19-23,32-33H,7,9-15H2,1-6H3,(H,34,35)(H,36,37)/t17-,19-,20+,21+,22-,23-,26-,27-,28-,29+,30+/m0/s1. The summed E-state index contributed by atoms with van der Waals surface area (Å²) in [6.45, 7) is 12.5. The monoisotopic (exact) mass is 518 g/mol. The van der Waals surface area contributed by atoms with Crippen LogP contribution in [-0.2, 0) is 14.4 Å². The first-order chi connectivity index (χ1) is 17.1. The maximum absolute atomic E-state index is 12.4. The number of hydrogen-bond acceptors (Lipinski definition) is 5. The molecule has 0 aliphatic heterocycles. The lowest BCUT2D eigenvalue weighted by Crippen LogP contribution is -2.64. The van der Waals surface area contributed by atoms with Crippen molar-refractivity contribution in [3.05, 3.63) is 11.6 Å². The molecule has 4 rings (SSSR count). The molecule has 37 heavy (non-hydrogen) atoms. The van der Waals surface area contributed by atoms with E-state index in [4.69, 9.17) is 0 Å². The molecule has 7 nitrogen and oxygen atoms in total.